The summed E-state index contributed by atoms with van der Waals surface area (Å²) in [6, 6.07) is 6.36. The van der Waals surface area contributed by atoms with E-state index in [0.717, 1.165) is 16.5 Å². The summed E-state index contributed by atoms with van der Waals surface area (Å²) in [5, 5.41) is 16.5. The van der Waals surface area contributed by atoms with Gasteiger partial charge in [-0.25, -0.2) is 4.79 Å². The first-order valence-corrected chi connectivity index (χ1v) is 12.5. The Morgan fingerprint density at radius 1 is 1.19 bits per heavy atom. The zero-order valence-corrected chi connectivity index (χ0v) is 23.0. The highest BCUT2D eigenvalue weighted by Gasteiger charge is 2.39. The van der Waals surface area contributed by atoms with Gasteiger partial charge < -0.3 is 25.2 Å². The first-order valence-electron chi connectivity index (χ1n) is 12.5. The number of carboxylic acids is 1. The quantitative estimate of drug-likeness (QED) is 0.412. The molecule has 198 valence electrons. The average molecular weight is 499 g/mol. The SMILES string of the molecule is CCC(NC(=O)C(NC)C(C)(C)c1cn(C)c2ccccc12)C(=O)N(C)C(/C=C(\C)C(=O)O)C(C)C. The Kier molecular flexibility index (Phi) is 9.49. The molecule has 0 fully saturated rings. The number of fused-ring (bicyclic) bond motifs is 1. The van der Waals surface area contributed by atoms with Crippen molar-refractivity contribution in [3.05, 3.63) is 47.7 Å². The summed E-state index contributed by atoms with van der Waals surface area (Å²) in [6.45, 7) is 11.3. The number of likely N-dealkylation sites (N-methyl/N-ethyl adjacent to an activating group) is 2. The van der Waals surface area contributed by atoms with Crippen LogP contribution in [0, 0.1) is 5.92 Å². The zero-order valence-electron chi connectivity index (χ0n) is 23.0. The maximum atomic E-state index is 13.6. The highest BCUT2D eigenvalue weighted by molar-refractivity contribution is 5.92. The second kappa shape index (κ2) is 11.7. The van der Waals surface area contributed by atoms with E-state index in [4.69, 9.17) is 0 Å². The van der Waals surface area contributed by atoms with Crippen molar-refractivity contribution in [1.82, 2.24) is 20.1 Å². The van der Waals surface area contributed by atoms with Gasteiger partial charge in [-0.1, -0.05) is 58.9 Å². The largest absolute Gasteiger partial charge is 0.478 e. The lowest BCUT2D eigenvalue weighted by molar-refractivity contribution is -0.138. The number of carboxylic acid groups (broad SMARTS) is 1. The van der Waals surface area contributed by atoms with E-state index in [1.54, 1.807) is 20.2 Å². The number of hydrogen-bond acceptors (Lipinski definition) is 4. The molecular formula is C28H42N4O4. The van der Waals surface area contributed by atoms with Crippen molar-refractivity contribution in [3.63, 3.8) is 0 Å². The number of hydrogen-bond donors (Lipinski definition) is 3. The number of amides is 2. The van der Waals surface area contributed by atoms with Gasteiger partial charge in [0.15, 0.2) is 0 Å². The van der Waals surface area contributed by atoms with Gasteiger partial charge in [0, 0.05) is 42.2 Å². The van der Waals surface area contributed by atoms with Crippen LogP contribution in [0.4, 0.5) is 0 Å². The summed E-state index contributed by atoms with van der Waals surface area (Å²) in [4.78, 5) is 39.9. The number of aliphatic carboxylic acids is 1. The molecule has 3 atom stereocenters. The van der Waals surface area contributed by atoms with Gasteiger partial charge in [-0.3, -0.25) is 9.59 Å². The molecule has 36 heavy (non-hydrogen) atoms. The molecule has 1 aromatic carbocycles. The van der Waals surface area contributed by atoms with E-state index < -0.39 is 29.5 Å². The van der Waals surface area contributed by atoms with Crippen LogP contribution < -0.4 is 10.6 Å². The summed E-state index contributed by atoms with van der Waals surface area (Å²) in [7, 11) is 5.40. The van der Waals surface area contributed by atoms with Gasteiger partial charge in [-0.05, 0) is 37.9 Å². The van der Waals surface area contributed by atoms with E-state index in [9.17, 15) is 19.5 Å². The molecule has 8 heteroatoms. The first kappa shape index (κ1) is 29.1. The summed E-state index contributed by atoms with van der Waals surface area (Å²) < 4.78 is 2.06. The van der Waals surface area contributed by atoms with Crippen molar-refractivity contribution in [1.29, 1.82) is 0 Å². The van der Waals surface area contributed by atoms with Gasteiger partial charge in [-0.15, -0.1) is 0 Å². The summed E-state index contributed by atoms with van der Waals surface area (Å²) >= 11 is 0. The van der Waals surface area contributed by atoms with Crippen LogP contribution in [0.5, 0.6) is 0 Å². The molecule has 0 aliphatic carbocycles. The maximum absolute atomic E-state index is 13.6. The van der Waals surface area contributed by atoms with E-state index in [-0.39, 0.29) is 23.3 Å². The first-order chi connectivity index (χ1) is 16.8. The Morgan fingerprint density at radius 3 is 2.33 bits per heavy atom. The molecule has 0 spiro atoms. The van der Waals surface area contributed by atoms with E-state index in [2.05, 4.69) is 33.5 Å². The molecule has 2 rings (SSSR count). The second-order valence-corrected chi connectivity index (χ2v) is 10.4. The monoisotopic (exact) mass is 498 g/mol. The molecular weight excluding hydrogens is 456 g/mol. The molecule has 0 aliphatic heterocycles. The minimum absolute atomic E-state index is 0.00295. The molecule has 1 heterocycles. The number of rotatable bonds is 11. The average Bonchev–Trinajstić information content (AvgIpc) is 3.17. The van der Waals surface area contributed by atoms with Crippen LogP contribution >= 0.6 is 0 Å². The molecule has 2 amide bonds. The summed E-state index contributed by atoms with van der Waals surface area (Å²) in [6.07, 6.45) is 4.06. The lowest BCUT2D eigenvalue weighted by Crippen LogP contribution is -2.58. The van der Waals surface area contributed by atoms with Gasteiger partial charge in [-0.2, -0.15) is 0 Å². The minimum atomic E-state index is -1.02. The van der Waals surface area contributed by atoms with Crippen LogP contribution in [-0.4, -0.2) is 64.6 Å². The Hall–Kier alpha value is -3.13. The molecule has 2 aromatic rings. The van der Waals surface area contributed by atoms with Crippen molar-refractivity contribution in [2.75, 3.05) is 14.1 Å². The van der Waals surface area contributed by atoms with Gasteiger partial charge in [0.05, 0.1) is 12.1 Å². The Morgan fingerprint density at radius 2 is 1.81 bits per heavy atom. The van der Waals surface area contributed by atoms with Crippen LogP contribution in [0.3, 0.4) is 0 Å². The van der Waals surface area contributed by atoms with Crippen LogP contribution in [0.15, 0.2) is 42.1 Å². The third-order valence-corrected chi connectivity index (χ3v) is 7.12. The number of carbonyl (C=O) groups excluding carboxylic acids is 2. The van der Waals surface area contributed by atoms with Crippen LogP contribution in [0.25, 0.3) is 10.9 Å². The van der Waals surface area contributed by atoms with Gasteiger partial charge in [0.1, 0.15) is 6.04 Å². The van der Waals surface area contributed by atoms with Crippen LogP contribution in [-0.2, 0) is 26.8 Å². The fourth-order valence-electron chi connectivity index (χ4n) is 4.90. The van der Waals surface area contributed by atoms with Gasteiger partial charge in [0.25, 0.3) is 0 Å². The third-order valence-electron chi connectivity index (χ3n) is 7.12. The number of nitrogens with one attached hydrogen (secondary N) is 2. The minimum Gasteiger partial charge on any atom is -0.478 e. The Balaban J connectivity index is 2.31. The van der Waals surface area contributed by atoms with E-state index >= 15 is 0 Å². The van der Waals surface area contributed by atoms with Gasteiger partial charge >= 0.3 is 5.97 Å². The second-order valence-electron chi connectivity index (χ2n) is 10.4. The van der Waals surface area contributed by atoms with Crippen molar-refractivity contribution < 1.29 is 19.5 Å². The Labute approximate surface area is 214 Å². The molecule has 0 bridgehead atoms. The lowest BCUT2D eigenvalue weighted by Gasteiger charge is -2.36. The highest BCUT2D eigenvalue weighted by atomic mass is 16.4. The fraction of sp³-hybridized carbons (Fsp3) is 0.536. The van der Waals surface area contributed by atoms with E-state index in [1.165, 1.54) is 11.8 Å². The number of aromatic nitrogens is 1. The van der Waals surface area contributed by atoms with Gasteiger partial charge in [0.2, 0.25) is 11.8 Å². The van der Waals surface area contributed by atoms with Crippen LogP contribution in [0.1, 0.15) is 53.5 Å². The van der Waals surface area contributed by atoms with Crippen molar-refractivity contribution >= 4 is 28.7 Å². The molecule has 1 aromatic heterocycles. The fourth-order valence-corrected chi connectivity index (χ4v) is 4.90. The van der Waals surface area contributed by atoms with Crippen LogP contribution in [0.2, 0.25) is 0 Å². The maximum Gasteiger partial charge on any atom is 0.331 e. The molecule has 0 aliphatic rings. The Bertz CT molecular complexity index is 1130. The lowest BCUT2D eigenvalue weighted by atomic mass is 9.77. The number of nitrogens with zero attached hydrogens (tertiary/aromatic N) is 2. The standard InChI is InChI=1S/C28H42N4O4/c1-10-21(26(34)32(9)23(17(2)3)15-18(4)27(35)36)30-25(33)24(29-7)28(5,6)20-16-31(8)22-14-12-11-13-19(20)22/h11-17,21,23-24,29H,10H2,1-9H3,(H,30,33)(H,35,36)/b18-15+. The normalized spacial score (nSPS) is 15.0. The third kappa shape index (κ3) is 5.98. The number of para-hydroxylation sites is 1. The topological polar surface area (TPSA) is 104 Å². The predicted molar refractivity (Wildman–Crippen MR) is 144 cm³/mol. The molecule has 3 unspecified atom stereocenters. The molecule has 8 nitrogen and oxygen atoms in total. The zero-order chi connectivity index (χ0) is 27.4. The molecule has 0 radical (unpaired) electrons. The molecule has 0 saturated heterocycles. The summed E-state index contributed by atoms with van der Waals surface area (Å²) in [5.74, 6) is -1.54. The summed E-state index contributed by atoms with van der Waals surface area (Å²) in [5.41, 5.74) is 1.73. The number of carbonyl (C=O) groups is 3. The highest BCUT2D eigenvalue weighted by Crippen LogP contribution is 2.34. The number of aryl methyl sites for hydroxylation is 1. The smallest absolute Gasteiger partial charge is 0.331 e. The van der Waals surface area contributed by atoms with Crippen molar-refractivity contribution in [2.24, 2.45) is 13.0 Å². The molecule has 3 N–H and O–H groups in total. The van der Waals surface area contributed by atoms with E-state index in [0.29, 0.717) is 6.42 Å². The molecule has 0 saturated carbocycles. The van der Waals surface area contributed by atoms with Crippen molar-refractivity contribution in [2.45, 2.75) is 71.5 Å². The van der Waals surface area contributed by atoms with E-state index in [1.807, 2.05) is 53.8 Å². The van der Waals surface area contributed by atoms with Crippen molar-refractivity contribution in [3.8, 4) is 0 Å². The number of benzene rings is 1. The predicted octanol–water partition coefficient (Wildman–Crippen LogP) is 3.45.